The number of carbonyl (C=O) groups is 2. The maximum absolute atomic E-state index is 12.7. The Bertz CT molecular complexity index is 934. The van der Waals surface area contributed by atoms with Crippen molar-refractivity contribution in [3.05, 3.63) is 63.1 Å². The molecule has 0 radical (unpaired) electrons. The van der Waals surface area contributed by atoms with Crippen LogP contribution in [0, 0.1) is 5.92 Å². The fraction of sp³-hybridized carbons (Fsp3) is 0.348. The van der Waals surface area contributed by atoms with Crippen LogP contribution in [0.3, 0.4) is 0 Å². The molecule has 166 valence electrons. The van der Waals surface area contributed by atoms with Crippen molar-refractivity contribution in [1.29, 1.82) is 0 Å². The van der Waals surface area contributed by atoms with Crippen molar-refractivity contribution in [1.82, 2.24) is 10.7 Å². The first-order valence-electron chi connectivity index (χ1n) is 10.1. The van der Waals surface area contributed by atoms with E-state index in [1.807, 2.05) is 32.0 Å². The standard InChI is InChI=1S/C23H27BrClN3O3/c1-4-5-11-31-20-10-9-18(24)12-17(20)14-26-28-23(30)21(15(2)3)27-22(29)16-7-6-8-19(25)13-16/h6-10,12-15,21H,4-5,11H2,1-3H3,(H,27,29)(H,28,30)/b26-14-. The third-order valence-corrected chi connectivity index (χ3v) is 5.16. The number of unbranched alkanes of at least 4 members (excludes halogenated alkanes) is 1. The van der Waals surface area contributed by atoms with E-state index in [1.54, 1.807) is 24.3 Å². The molecule has 0 aliphatic carbocycles. The molecule has 0 fully saturated rings. The van der Waals surface area contributed by atoms with Gasteiger partial charge in [0.2, 0.25) is 0 Å². The summed E-state index contributed by atoms with van der Waals surface area (Å²) in [5, 5.41) is 7.27. The SMILES string of the molecule is CCCCOc1ccc(Br)cc1/C=N\NC(=O)C(NC(=O)c1cccc(Cl)c1)C(C)C. The molecule has 0 aromatic heterocycles. The highest BCUT2D eigenvalue weighted by Crippen LogP contribution is 2.22. The van der Waals surface area contributed by atoms with Gasteiger partial charge in [-0.1, -0.05) is 60.8 Å². The second kappa shape index (κ2) is 12.5. The third-order valence-electron chi connectivity index (χ3n) is 4.43. The Morgan fingerprint density at radius 2 is 2.00 bits per heavy atom. The molecule has 0 aliphatic rings. The van der Waals surface area contributed by atoms with E-state index in [1.165, 1.54) is 6.21 Å². The second-order valence-corrected chi connectivity index (χ2v) is 8.68. The fourth-order valence-electron chi connectivity index (χ4n) is 2.70. The number of rotatable bonds is 10. The van der Waals surface area contributed by atoms with Gasteiger partial charge >= 0.3 is 0 Å². The van der Waals surface area contributed by atoms with Crippen molar-refractivity contribution in [3.63, 3.8) is 0 Å². The van der Waals surface area contributed by atoms with Gasteiger partial charge in [-0.15, -0.1) is 0 Å². The van der Waals surface area contributed by atoms with Gasteiger partial charge in [0.15, 0.2) is 0 Å². The van der Waals surface area contributed by atoms with Gasteiger partial charge in [-0.25, -0.2) is 5.43 Å². The van der Waals surface area contributed by atoms with Gasteiger partial charge in [-0.3, -0.25) is 9.59 Å². The predicted octanol–water partition coefficient (Wildman–Crippen LogP) is 5.19. The Morgan fingerprint density at radius 3 is 2.68 bits per heavy atom. The average Bonchev–Trinajstić information content (AvgIpc) is 2.73. The van der Waals surface area contributed by atoms with E-state index in [9.17, 15) is 9.59 Å². The molecule has 0 aliphatic heterocycles. The minimum atomic E-state index is -0.758. The van der Waals surface area contributed by atoms with Crippen molar-refractivity contribution in [2.24, 2.45) is 11.0 Å². The van der Waals surface area contributed by atoms with Crippen LogP contribution in [-0.2, 0) is 4.79 Å². The molecule has 0 bridgehead atoms. The molecular weight excluding hydrogens is 482 g/mol. The lowest BCUT2D eigenvalue weighted by Gasteiger charge is -2.20. The highest BCUT2D eigenvalue weighted by Gasteiger charge is 2.24. The molecule has 1 unspecified atom stereocenters. The zero-order valence-corrected chi connectivity index (χ0v) is 20.2. The lowest BCUT2D eigenvalue weighted by molar-refractivity contribution is -0.123. The van der Waals surface area contributed by atoms with Crippen LogP contribution in [0.1, 0.15) is 49.5 Å². The summed E-state index contributed by atoms with van der Waals surface area (Å²) in [5.41, 5.74) is 3.63. The Kier molecular flexibility index (Phi) is 10.0. The summed E-state index contributed by atoms with van der Waals surface area (Å²) in [6.07, 6.45) is 3.51. The van der Waals surface area contributed by atoms with Crippen LogP contribution >= 0.6 is 27.5 Å². The van der Waals surface area contributed by atoms with Crippen molar-refractivity contribution in [2.45, 2.75) is 39.7 Å². The average molecular weight is 509 g/mol. The van der Waals surface area contributed by atoms with Gasteiger partial charge in [-0.05, 0) is 48.7 Å². The summed E-state index contributed by atoms with van der Waals surface area (Å²) in [6.45, 7) is 6.40. The number of hydrogen-bond acceptors (Lipinski definition) is 4. The van der Waals surface area contributed by atoms with Gasteiger partial charge in [0.1, 0.15) is 11.8 Å². The predicted molar refractivity (Wildman–Crippen MR) is 128 cm³/mol. The zero-order valence-electron chi connectivity index (χ0n) is 17.8. The Labute approximate surface area is 196 Å². The summed E-state index contributed by atoms with van der Waals surface area (Å²) < 4.78 is 6.67. The summed E-state index contributed by atoms with van der Waals surface area (Å²) in [7, 11) is 0. The molecule has 0 heterocycles. The minimum absolute atomic E-state index is 0.142. The van der Waals surface area contributed by atoms with Gasteiger partial charge < -0.3 is 10.1 Å². The van der Waals surface area contributed by atoms with Crippen LogP contribution in [0.2, 0.25) is 5.02 Å². The normalized spacial score (nSPS) is 12.1. The Balaban J connectivity index is 2.05. The number of hydrazone groups is 1. The molecule has 31 heavy (non-hydrogen) atoms. The topological polar surface area (TPSA) is 79.8 Å². The lowest BCUT2D eigenvalue weighted by Crippen LogP contribution is -2.48. The quantitative estimate of drug-likeness (QED) is 0.263. The highest BCUT2D eigenvalue weighted by atomic mass is 79.9. The maximum Gasteiger partial charge on any atom is 0.262 e. The number of halogens is 2. The van der Waals surface area contributed by atoms with Crippen molar-refractivity contribution in [2.75, 3.05) is 6.61 Å². The number of amides is 2. The van der Waals surface area contributed by atoms with E-state index in [4.69, 9.17) is 16.3 Å². The maximum atomic E-state index is 12.7. The summed E-state index contributed by atoms with van der Waals surface area (Å²) in [4.78, 5) is 25.2. The van der Waals surface area contributed by atoms with Crippen LogP contribution in [0.25, 0.3) is 0 Å². The first-order chi connectivity index (χ1) is 14.8. The van der Waals surface area contributed by atoms with Crippen LogP contribution in [-0.4, -0.2) is 30.7 Å². The molecule has 2 amide bonds. The molecule has 2 aromatic rings. The highest BCUT2D eigenvalue weighted by molar-refractivity contribution is 9.10. The Hall–Kier alpha value is -2.38. The van der Waals surface area contributed by atoms with E-state index in [0.29, 0.717) is 22.9 Å². The molecule has 0 spiro atoms. The first kappa shape index (κ1) is 24.9. The van der Waals surface area contributed by atoms with Crippen molar-refractivity contribution >= 4 is 45.6 Å². The molecule has 6 nitrogen and oxygen atoms in total. The minimum Gasteiger partial charge on any atom is -0.493 e. The van der Waals surface area contributed by atoms with E-state index in [-0.39, 0.29) is 11.8 Å². The van der Waals surface area contributed by atoms with Gasteiger partial charge in [0, 0.05) is 20.6 Å². The van der Waals surface area contributed by atoms with Crippen LogP contribution in [0.15, 0.2) is 52.0 Å². The van der Waals surface area contributed by atoms with E-state index < -0.39 is 11.9 Å². The molecule has 8 heteroatoms. The number of ether oxygens (including phenoxy) is 1. The summed E-state index contributed by atoms with van der Waals surface area (Å²) in [5.74, 6) is -0.245. The van der Waals surface area contributed by atoms with E-state index in [0.717, 1.165) is 22.9 Å². The number of carbonyl (C=O) groups excluding carboxylic acids is 2. The van der Waals surface area contributed by atoms with Crippen LogP contribution in [0.5, 0.6) is 5.75 Å². The zero-order chi connectivity index (χ0) is 22.8. The van der Waals surface area contributed by atoms with Crippen LogP contribution < -0.4 is 15.5 Å². The second-order valence-electron chi connectivity index (χ2n) is 7.32. The summed E-state index contributed by atoms with van der Waals surface area (Å²) in [6, 6.07) is 11.4. The van der Waals surface area contributed by atoms with Crippen molar-refractivity contribution in [3.8, 4) is 5.75 Å². The number of nitrogens with one attached hydrogen (secondary N) is 2. The molecule has 0 saturated heterocycles. The van der Waals surface area contributed by atoms with Gasteiger partial charge in [0.05, 0.1) is 12.8 Å². The van der Waals surface area contributed by atoms with Crippen LogP contribution in [0.4, 0.5) is 0 Å². The van der Waals surface area contributed by atoms with Gasteiger partial charge in [-0.2, -0.15) is 5.10 Å². The van der Waals surface area contributed by atoms with Crippen molar-refractivity contribution < 1.29 is 14.3 Å². The molecule has 0 saturated carbocycles. The van der Waals surface area contributed by atoms with Gasteiger partial charge in [0.25, 0.3) is 11.8 Å². The smallest absolute Gasteiger partial charge is 0.262 e. The Morgan fingerprint density at radius 1 is 1.23 bits per heavy atom. The molecule has 1 atom stereocenters. The molecule has 2 N–H and O–H groups in total. The molecule has 2 rings (SSSR count). The third kappa shape index (κ3) is 7.99. The largest absolute Gasteiger partial charge is 0.493 e. The molecule has 2 aromatic carbocycles. The van der Waals surface area contributed by atoms with E-state index in [2.05, 4.69) is 38.7 Å². The van der Waals surface area contributed by atoms with E-state index >= 15 is 0 Å². The molecular formula is C23H27BrClN3O3. The number of nitrogens with zero attached hydrogens (tertiary/aromatic N) is 1. The lowest BCUT2D eigenvalue weighted by atomic mass is 10.0. The fourth-order valence-corrected chi connectivity index (χ4v) is 3.27. The first-order valence-corrected chi connectivity index (χ1v) is 11.3. The summed E-state index contributed by atoms with van der Waals surface area (Å²) >= 11 is 9.38. The monoisotopic (exact) mass is 507 g/mol. The number of benzene rings is 2. The number of hydrogen-bond donors (Lipinski definition) is 2.